The number of hydrogen-bond donors (Lipinski definition) is 0. The third kappa shape index (κ3) is 5.16. The Bertz CT molecular complexity index is 1360. The number of rotatable bonds is 8. The molecule has 4 aromatic rings. The topological polar surface area (TPSA) is 92.1 Å². The van der Waals surface area contributed by atoms with Crippen molar-refractivity contribution in [3.05, 3.63) is 88.6 Å². The van der Waals surface area contributed by atoms with E-state index in [1.807, 2.05) is 43.3 Å². The lowest BCUT2D eigenvalue weighted by molar-refractivity contribution is -0.129. The van der Waals surface area contributed by atoms with Crippen LogP contribution in [0.15, 0.2) is 81.3 Å². The van der Waals surface area contributed by atoms with Gasteiger partial charge in [0, 0.05) is 6.54 Å². The van der Waals surface area contributed by atoms with Crippen molar-refractivity contribution in [3.8, 4) is 11.8 Å². The van der Waals surface area contributed by atoms with Gasteiger partial charge in [-0.15, -0.1) is 0 Å². The minimum Gasteiger partial charge on any atom is -0.467 e. The molecule has 0 aliphatic rings. The van der Waals surface area contributed by atoms with Gasteiger partial charge in [-0.2, -0.15) is 5.26 Å². The highest BCUT2D eigenvalue weighted by molar-refractivity contribution is 7.99. The third-order valence-corrected chi connectivity index (χ3v) is 6.06. The molecule has 2 aromatic carbocycles. The van der Waals surface area contributed by atoms with Gasteiger partial charge in [-0.1, -0.05) is 41.6 Å². The van der Waals surface area contributed by atoms with Gasteiger partial charge in [0.2, 0.25) is 5.91 Å². The van der Waals surface area contributed by atoms with Gasteiger partial charge in [0.15, 0.2) is 5.16 Å². The van der Waals surface area contributed by atoms with E-state index in [0.29, 0.717) is 34.1 Å². The molecular weight excluding hydrogens is 436 g/mol. The number of carbonyl (C=O) groups excluding carboxylic acids is 1. The zero-order chi connectivity index (χ0) is 23.2. The fourth-order valence-corrected chi connectivity index (χ4v) is 4.33. The molecule has 0 aliphatic heterocycles. The van der Waals surface area contributed by atoms with Crippen LogP contribution in [-0.4, -0.2) is 32.7 Å². The summed E-state index contributed by atoms with van der Waals surface area (Å²) in [4.78, 5) is 32.6. The van der Waals surface area contributed by atoms with Crippen molar-refractivity contribution >= 4 is 28.6 Å². The van der Waals surface area contributed by atoms with E-state index in [9.17, 15) is 9.59 Å². The zero-order valence-electron chi connectivity index (χ0n) is 18.1. The molecule has 8 heteroatoms. The summed E-state index contributed by atoms with van der Waals surface area (Å²) in [5.41, 5.74) is 2.17. The largest absolute Gasteiger partial charge is 0.467 e. The smallest absolute Gasteiger partial charge is 0.266 e. The molecule has 0 saturated carbocycles. The number of nitrogens with zero attached hydrogens (tertiary/aromatic N) is 4. The molecule has 0 atom stereocenters. The molecule has 166 valence electrons. The number of benzene rings is 2. The number of para-hydroxylation sites is 1. The lowest BCUT2D eigenvalue weighted by atomic mass is 10.2. The van der Waals surface area contributed by atoms with Crippen LogP contribution in [0.2, 0.25) is 0 Å². The summed E-state index contributed by atoms with van der Waals surface area (Å²) in [6.07, 6.45) is 1.77. The van der Waals surface area contributed by atoms with Gasteiger partial charge in [0.05, 0.1) is 47.6 Å². The van der Waals surface area contributed by atoms with E-state index in [1.54, 1.807) is 40.0 Å². The summed E-state index contributed by atoms with van der Waals surface area (Å²) in [5, 5.41) is 9.93. The van der Waals surface area contributed by atoms with Crippen LogP contribution >= 0.6 is 11.8 Å². The Balaban J connectivity index is 1.65. The molecule has 2 aromatic heterocycles. The summed E-state index contributed by atoms with van der Waals surface area (Å²) in [5.74, 6) is 0.555. The van der Waals surface area contributed by atoms with Crippen LogP contribution in [0.4, 0.5) is 0 Å². The second kappa shape index (κ2) is 10.2. The molecule has 0 unspecified atom stereocenters. The molecule has 0 saturated heterocycles. The fourth-order valence-electron chi connectivity index (χ4n) is 3.42. The number of nitriles is 1. The first-order valence-corrected chi connectivity index (χ1v) is 11.4. The van der Waals surface area contributed by atoms with Crippen molar-refractivity contribution in [2.75, 3.05) is 12.3 Å². The Morgan fingerprint density at radius 3 is 2.67 bits per heavy atom. The Hall–Kier alpha value is -3.83. The van der Waals surface area contributed by atoms with E-state index in [1.165, 1.54) is 11.8 Å². The Morgan fingerprint density at radius 1 is 1.15 bits per heavy atom. The average Bonchev–Trinajstić information content (AvgIpc) is 3.34. The molecule has 4 rings (SSSR count). The van der Waals surface area contributed by atoms with E-state index in [2.05, 4.69) is 11.1 Å². The highest BCUT2D eigenvalue weighted by Crippen LogP contribution is 2.22. The first kappa shape index (κ1) is 22.4. The lowest BCUT2D eigenvalue weighted by Crippen LogP contribution is -2.33. The number of hydrogen-bond acceptors (Lipinski definition) is 6. The SMILES string of the molecule is Cc1ccc(-n2c(SCC(=O)N(CCC#N)Cc3ccco3)nc3ccccc3c2=O)cc1. The Morgan fingerprint density at radius 2 is 1.94 bits per heavy atom. The second-order valence-electron chi connectivity index (χ2n) is 7.48. The van der Waals surface area contributed by atoms with Gasteiger partial charge in [0.25, 0.3) is 5.56 Å². The summed E-state index contributed by atoms with van der Waals surface area (Å²) in [6, 6.07) is 20.4. The average molecular weight is 459 g/mol. The van der Waals surface area contributed by atoms with Crippen LogP contribution in [0.25, 0.3) is 16.6 Å². The van der Waals surface area contributed by atoms with Gasteiger partial charge >= 0.3 is 0 Å². The van der Waals surface area contributed by atoms with Crippen molar-refractivity contribution in [1.29, 1.82) is 5.26 Å². The van der Waals surface area contributed by atoms with Crippen LogP contribution in [0.3, 0.4) is 0 Å². The molecule has 7 nitrogen and oxygen atoms in total. The minimum absolute atomic E-state index is 0.0722. The standard InChI is InChI=1S/C25H22N4O3S/c1-18-9-11-19(12-10-18)29-24(31)21-7-2-3-8-22(21)27-25(29)33-17-23(30)28(14-5-13-26)16-20-6-4-15-32-20/h2-4,6-12,15H,5,14,16-17H2,1H3. The highest BCUT2D eigenvalue weighted by Gasteiger charge is 2.19. The number of amides is 1. The van der Waals surface area contributed by atoms with E-state index in [-0.39, 0.29) is 30.2 Å². The van der Waals surface area contributed by atoms with Gasteiger partial charge in [-0.05, 0) is 43.3 Å². The second-order valence-corrected chi connectivity index (χ2v) is 8.42. The number of aromatic nitrogens is 2. The summed E-state index contributed by atoms with van der Waals surface area (Å²) in [6.45, 7) is 2.56. The Labute approximate surface area is 195 Å². The first-order chi connectivity index (χ1) is 16.1. The van der Waals surface area contributed by atoms with Crippen molar-refractivity contribution in [3.63, 3.8) is 0 Å². The normalized spacial score (nSPS) is 10.8. The molecule has 0 bridgehead atoms. The molecule has 33 heavy (non-hydrogen) atoms. The molecule has 0 radical (unpaired) electrons. The molecule has 2 heterocycles. The maximum absolute atomic E-state index is 13.3. The Kier molecular flexibility index (Phi) is 6.91. The summed E-state index contributed by atoms with van der Waals surface area (Å²) in [7, 11) is 0. The van der Waals surface area contributed by atoms with Crippen molar-refractivity contribution < 1.29 is 9.21 Å². The molecule has 1 amide bonds. The number of aryl methyl sites for hydroxylation is 1. The van der Waals surface area contributed by atoms with E-state index in [4.69, 9.17) is 9.68 Å². The van der Waals surface area contributed by atoms with Crippen molar-refractivity contribution in [2.24, 2.45) is 0 Å². The number of fused-ring (bicyclic) bond motifs is 1. The number of carbonyl (C=O) groups is 1. The summed E-state index contributed by atoms with van der Waals surface area (Å²) < 4.78 is 6.91. The van der Waals surface area contributed by atoms with E-state index < -0.39 is 0 Å². The van der Waals surface area contributed by atoms with Gasteiger partial charge < -0.3 is 9.32 Å². The third-order valence-electron chi connectivity index (χ3n) is 5.13. The van der Waals surface area contributed by atoms with Gasteiger partial charge in [-0.3, -0.25) is 14.2 Å². The first-order valence-electron chi connectivity index (χ1n) is 10.5. The number of thioether (sulfide) groups is 1. The highest BCUT2D eigenvalue weighted by atomic mass is 32.2. The molecule has 0 fully saturated rings. The molecule has 0 N–H and O–H groups in total. The van der Waals surface area contributed by atoms with Crippen LogP contribution < -0.4 is 5.56 Å². The fraction of sp³-hybridized carbons (Fsp3) is 0.200. The maximum Gasteiger partial charge on any atom is 0.266 e. The zero-order valence-corrected chi connectivity index (χ0v) is 18.9. The van der Waals surface area contributed by atoms with Crippen molar-refractivity contribution in [1.82, 2.24) is 14.5 Å². The predicted molar refractivity (Wildman–Crippen MR) is 127 cm³/mol. The number of furan rings is 1. The molecule has 0 aliphatic carbocycles. The van der Waals surface area contributed by atoms with Crippen molar-refractivity contribution in [2.45, 2.75) is 25.0 Å². The monoisotopic (exact) mass is 458 g/mol. The van der Waals surface area contributed by atoms with Gasteiger partial charge in [-0.25, -0.2) is 4.98 Å². The lowest BCUT2D eigenvalue weighted by Gasteiger charge is -2.20. The predicted octanol–water partition coefficient (Wildman–Crippen LogP) is 4.32. The molecular formula is C25H22N4O3S. The van der Waals surface area contributed by atoms with Crippen LogP contribution in [0.1, 0.15) is 17.7 Å². The summed E-state index contributed by atoms with van der Waals surface area (Å²) >= 11 is 1.20. The molecule has 0 spiro atoms. The van der Waals surface area contributed by atoms with Crippen LogP contribution in [0, 0.1) is 18.3 Å². The maximum atomic E-state index is 13.3. The quantitative estimate of drug-likeness (QED) is 0.288. The van der Waals surface area contributed by atoms with Crippen LogP contribution in [-0.2, 0) is 11.3 Å². The van der Waals surface area contributed by atoms with Crippen LogP contribution in [0.5, 0.6) is 0 Å². The minimum atomic E-state index is -0.184. The van der Waals surface area contributed by atoms with Gasteiger partial charge in [0.1, 0.15) is 5.76 Å². The van der Waals surface area contributed by atoms with E-state index >= 15 is 0 Å². The van der Waals surface area contributed by atoms with E-state index in [0.717, 1.165) is 5.56 Å².